The first-order valence-corrected chi connectivity index (χ1v) is 11.5. The molecule has 0 amide bonds. The molecule has 0 spiro atoms. The summed E-state index contributed by atoms with van der Waals surface area (Å²) in [5, 5.41) is 8.77. The van der Waals surface area contributed by atoms with E-state index in [-0.39, 0.29) is 0 Å². The van der Waals surface area contributed by atoms with Gasteiger partial charge in [-0.3, -0.25) is 0 Å². The molecule has 3 aromatic rings. The van der Waals surface area contributed by atoms with Crippen LogP contribution in [0, 0.1) is 5.92 Å². The Bertz CT molecular complexity index is 977. The van der Waals surface area contributed by atoms with Crippen LogP contribution in [0.25, 0.3) is 21.8 Å². The van der Waals surface area contributed by atoms with E-state index in [1.807, 2.05) is 36.5 Å². The van der Waals surface area contributed by atoms with E-state index < -0.39 is 0 Å². The lowest BCUT2D eigenvalue weighted by Gasteiger charge is -2.20. The molecule has 2 aromatic heterocycles. The maximum atomic E-state index is 6.12. The van der Waals surface area contributed by atoms with Crippen molar-refractivity contribution in [1.29, 1.82) is 0 Å². The van der Waals surface area contributed by atoms with Gasteiger partial charge in [-0.15, -0.1) is 11.3 Å². The Morgan fingerprint density at radius 2 is 1.83 bits per heavy atom. The minimum Gasteiger partial charge on any atom is -0.354 e. The molecule has 0 radical (unpaired) electrons. The van der Waals surface area contributed by atoms with Crippen molar-refractivity contribution in [2.45, 2.75) is 31.6 Å². The van der Waals surface area contributed by atoms with Crippen molar-refractivity contribution in [3.8, 4) is 21.8 Å². The van der Waals surface area contributed by atoms with Crippen molar-refractivity contribution < 1.29 is 0 Å². The summed E-state index contributed by atoms with van der Waals surface area (Å²) >= 11 is 7.89. The van der Waals surface area contributed by atoms with E-state index >= 15 is 0 Å². The summed E-state index contributed by atoms with van der Waals surface area (Å²) in [5.41, 5.74) is 3.00. The van der Waals surface area contributed by atoms with Gasteiger partial charge in [-0.2, -0.15) is 0 Å². The highest BCUT2D eigenvalue weighted by Gasteiger charge is 2.24. The molecule has 1 aliphatic carbocycles. The number of anilines is 1. The molecule has 1 saturated heterocycles. The van der Waals surface area contributed by atoms with Gasteiger partial charge in [0.05, 0.1) is 21.3 Å². The van der Waals surface area contributed by atoms with Gasteiger partial charge in [0.25, 0.3) is 0 Å². The van der Waals surface area contributed by atoms with Gasteiger partial charge >= 0.3 is 0 Å². The highest BCUT2D eigenvalue weighted by Crippen LogP contribution is 2.40. The smallest absolute Gasteiger partial charge is 0.223 e. The van der Waals surface area contributed by atoms with Crippen LogP contribution in [0.3, 0.4) is 0 Å². The number of rotatable bonds is 6. The Hall–Kier alpha value is -2.02. The quantitative estimate of drug-likeness (QED) is 0.567. The van der Waals surface area contributed by atoms with Crippen molar-refractivity contribution in [1.82, 2.24) is 20.3 Å². The predicted molar refractivity (Wildman–Crippen MR) is 120 cm³/mol. The second-order valence-electron chi connectivity index (χ2n) is 7.85. The fourth-order valence-electron chi connectivity index (χ4n) is 3.69. The largest absolute Gasteiger partial charge is 0.354 e. The number of aromatic nitrogens is 3. The normalized spacial score (nSPS) is 17.4. The summed E-state index contributed by atoms with van der Waals surface area (Å²) in [6.45, 7) is 3.06. The summed E-state index contributed by atoms with van der Waals surface area (Å²) in [7, 11) is 0. The Morgan fingerprint density at radius 1 is 1.03 bits per heavy atom. The van der Waals surface area contributed by atoms with Crippen LogP contribution in [0.2, 0.25) is 5.02 Å². The zero-order valence-electron chi connectivity index (χ0n) is 16.2. The third-order valence-corrected chi connectivity index (χ3v) is 7.08. The zero-order chi connectivity index (χ0) is 19.6. The molecule has 2 aliphatic rings. The van der Waals surface area contributed by atoms with E-state index in [0.717, 1.165) is 65.2 Å². The van der Waals surface area contributed by atoms with E-state index in [1.54, 1.807) is 11.3 Å². The summed E-state index contributed by atoms with van der Waals surface area (Å²) in [6, 6.07) is 9.92. The zero-order valence-corrected chi connectivity index (χ0v) is 17.8. The standard InChI is InChI=1S/C22H24ClN5S/c23-17-5-3-15(4-6-17)19-20(29-21(28-19)16-7-10-24-11-8-16)18-9-12-25-22(27-18)26-13-14-1-2-14/h3-6,9,12,14,16,24H,1-2,7-8,10-11,13H2,(H,25,26,27). The number of nitrogens with one attached hydrogen (secondary N) is 2. The molecule has 0 unspecified atom stereocenters. The molecule has 0 atom stereocenters. The fourth-order valence-corrected chi connectivity index (χ4v) is 5.04. The number of nitrogens with zero attached hydrogens (tertiary/aromatic N) is 3. The van der Waals surface area contributed by atoms with Crippen molar-refractivity contribution in [2.24, 2.45) is 5.92 Å². The molecule has 2 N–H and O–H groups in total. The molecule has 5 rings (SSSR count). The van der Waals surface area contributed by atoms with Crippen molar-refractivity contribution in [3.05, 3.63) is 46.6 Å². The lowest BCUT2D eigenvalue weighted by molar-refractivity contribution is 0.459. The van der Waals surface area contributed by atoms with Crippen LogP contribution in [-0.2, 0) is 0 Å². The van der Waals surface area contributed by atoms with Crippen LogP contribution >= 0.6 is 22.9 Å². The number of benzene rings is 1. The molecular weight excluding hydrogens is 402 g/mol. The minimum absolute atomic E-state index is 0.510. The van der Waals surface area contributed by atoms with Gasteiger partial charge in [0.2, 0.25) is 5.95 Å². The number of piperidine rings is 1. The van der Waals surface area contributed by atoms with Gasteiger partial charge in [0, 0.05) is 29.2 Å². The minimum atomic E-state index is 0.510. The third kappa shape index (κ3) is 4.44. The third-order valence-electron chi connectivity index (χ3n) is 5.58. The van der Waals surface area contributed by atoms with Crippen LogP contribution in [-0.4, -0.2) is 34.6 Å². The first kappa shape index (κ1) is 19.0. The molecule has 2 fully saturated rings. The van der Waals surface area contributed by atoms with Crippen molar-refractivity contribution >= 4 is 28.9 Å². The van der Waals surface area contributed by atoms with Crippen LogP contribution in [0.1, 0.15) is 36.6 Å². The SMILES string of the molecule is Clc1ccc(-c2nc(C3CCNCC3)sc2-c2ccnc(NCC3CC3)n2)cc1. The van der Waals surface area contributed by atoms with Gasteiger partial charge < -0.3 is 10.6 Å². The van der Waals surface area contributed by atoms with Gasteiger partial charge in [0.15, 0.2) is 0 Å². The predicted octanol–water partition coefficient (Wildman–Crippen LogP) is 5.21. The maximum absolute atomic E-state index is 6.12. The number of halogens is 1. The van der Waals surface area contributed by atoms with Gasteiger partial charge in [-0.1, -0.05) is 23.7 Å². The highest BCUT2D eigenvalue weighted by molar-refractivity contribution is 7.15. The molecule has 0 bridgehead atoms. The number of thiazole rings is 1. The molecule has 3 heterocycles. The van der Waals surface area contributed by atoms with E-state index in [4.69, 9.17) is 21.6 Å². The van der Waals surface area contributed by atoms with Gasteiger partial charge in [-0.25, -0.2) is 15.0 Å². The molecule has 7 heteroatoms. The highest BCUT2D eigenvalue weighted by atomic mass is 35.5. The van der Waals surface area contributed by atoms with Crippen LogP contribution in [0.15, 0.2) is 36.5 Å². The fraction of sp³-hybridized carbons (Fsp3) is 0.409. The molecule has 1 aromatic carbocycles. The summed E-state index contributed by atoms with van der Waals surface area (Å²) in [5.74, 6) is 1.99. The van der Waals surface area contributed by atoms with Crippen molar-refractivity contribution in [2.75, 3.05) is 25.0 Å². The Labute approximate surface area is 180 Å². The van der Waals surface area contributed by atoms with Crippen LogP contribution < -0.4 is 10.6 Å². The number of hydrogen-bond donors (Lipinski definition) is 2. The first-order valence-electron chi connectivity index (χ1n) is 10.3. The summed E-state index contributed by atoms with van der Waals surface area (Å²) < 4.78 is 0. The van der Waals surface area contributed by atoms with Gasteiger partial charge in [-0.05, 0) is 62.9 Å². The molecule has 1 aliphatic heterocycles. The van der Waals surface area contributed by atoms with E-state index in [0.29, 0.717) is 11.9 Å². The Balaban J connectivity index is 1.52. The van der Waals surface area contributed by atoms with E-state index in [1.165, 1.54) is 17.8 Å². The summed E-state index contributed by atoms with van der Waals surface area (Å²) in [4.78, 5) is 15.4. The van der Waals surface area contributed by atoms with Crippen molar-refractivity contribution in [3.63, 3.8) is 0 Å². The first-order chi connectivity index (χ1) is 14.3. The van der Waals surface area contributed by atoms with Crippen LogP contribution in [0.4, 0.5) is 5.95 Å². The van der Waals surface area contributed by atoms with Gasteiger partial charge in [0.1, 0.15) is 0 Å². The maximum Gasteiger partial charge on any atom is 0.223 e. The Morgan fingerprint density at radius 3 is 2.59 bits per heavy atom. The number of hydrogen-bond acceptors (Lipinski definition) is 6. The molecular formula is C22H24ClN5S. The van der Waals surface area contributed by atoms with E-state index in [9.17, 15) is 0 Å². The second-order valence-corrected chi connectivity index (χ2v) is 9.32. The molecule has 5 nitrogen and oxygen atoms in total. The average molecular weight is 426 g/mol. The monoisotopic (exact) mass is 425 g/mol. The topological polar surface area (TPSA) is 62.7 Å². The molecule has 1 saturated carbocycles. The lowest BCUT2D eigenvalue weighted by atomic mass is 9.99. The van der Waals surface area contributed by atoms with Crippen LogP contribution in [0.5, 0.6) is 0 Å². The molecule has 150 valence electrons. The lowest BCUT2D eigenvalue weighted by Crippen LogP contribution is -2.26. The Kier molecular flexibility index (Phi) is 5.48. The summed E-state index contributed by atoms with van der Waals surface area (Å²) in [6.07, 6.45) is 6.72. The average Bonchev–Trinajstić information content (AvgIpc) is 3.50. The van der Waals surface area contributed by atoms with E-state index in [2.05, 4.69) is 15.6 Å². The second kappa shape index (κ2) is 8.38. The molecule has 29 heavy (non-hydrogen) atoms.